The van der Waals surface area contributed by atoms with E-state index in [0.29, 0.717) is 21.5 Å². The molecule has 0 radical (unpaired) electrons. The van der Waals surface area contributed by atoms with Crippen LogP contribution in [0, 0.1) is 0 Å². The lowest BCUT2D eigenvalue weighted by atomic mass is 9.95. The normalized spacial score (nSPS) is 18.9. The van der Waals surface area contributed by atoms with E-state index in [1.807, 2.05) is 6.92 Å². The van der Waals surface area contributed by atoms with Gasteiger partial charge in [-0.2, -0.15) is 0 Å². The second kappa shape index (κ2) is 9.37. The molecule has 3 rings (SSSR count). The van der Waals surface area contributed by atoms with E-state index in [4.69, 9.17) is 17.0 Å². The molecule has 152 valence electrons. The van der Waals surface area contributed by atoms with Crippen molar-refractivity contribution in [1.29, 1.82) is 0 Å². The summed E-state index contributed by atoms with van der Waals surface area (Å²) in [6, 6.07) is 0. The van der Waals surface area contributed by atoms with Gasteiger partial charge in [-0.05, 0) is 44.6 Å². The molecule has 1 aromatic rings. The lowest BCUT2D eigenvalue weighted by Gasteiger charge is -2.15. The van der Waals surface area contributed by atoms with Crippen molar-refractivity contribution in [2.75, 3.05) is 18.5 Å². The van der Waals surface area contributed by atoms with Gasteiger partial charge < -0.3 is 10.1 Å². The second-order valence-corrected chi connectivity index (χ2v) is 9.65. The first-order valence-corrected chi connectivity index (χ1v) is 11.7. The summed E-state index contributed by atoms with van der Waals surface area (Å²) in [5.41, 5.74) is 1.52. The molecule has 2 heterocycles. The van der Waals surface area contributed by atoms with Gasteiger partial charge in [-0.3, -0.25) is 14.5 Å². The zero-order valence-corrected chi connectivity index (χ0v) is 18.5. The Bertz CT molecular complexity index is 805. The lowest BCUT2D eigenvalue weighted by molar-refractivity contribution is -0.126. The number of nitrogens with one attached hydrogen (secondary N) is 1. The Morgan fingerprint density at radius 2 is 2.04 bits per heavy atom. The van der Waals surface area contributed by atoms with Crippen LogP contribution in [0.25, 0.3) is 0 Å². The molecule has 9 heteroatoms. The fourth-order valence-electron chi connectivity index (χ4n) is 3.43. The Balaban J connectivity index is 1.68. The SMILES string of the molecule is CCOC(=O)c1c(NC(=O)CCN2C(=O)C(CC)SC2=S)sc2c1CCCC2. The average Bonchev–Trinajstić information content (AvgIpc) is 3.16. The van der Waals surface area contributed by atoms with Crippen molar-refractivity contribution in [2.45, 2.75) is 57.6 Å². The summed E-state index contributed by atoms with van der Waals surface area (Å²) in [6.45, 7) is 4.27. The van der Waals surface area contributed by atoms with Crippen LogP contribution in [0.15, 0.2) is 0 Å². The molecule has 2 aliphatic rings. The molecule has 0 bridgehead atoms. The topological polar surface area (TPSA) is 75.7 Å². The number of aryl methyl sites for hydroxylation is 1. The summed E-state index contributed by atoms with van der Waals surface area (Å²) in [5, 5.41) is 3.29. The number of rotatable bonds is 7. The first kappa shape index (κ1) is 21.3. The Morgan fingerprint density at radius 1 is 1.29 bits per heavy atom. The summed E-state index contributed by atoms with van der Waals surface area (Å²) in [5.74, 6) is -0.635. The van der Waals surface area contributed by atoms with Gasteiger partial charge in [-0.15, -0.1) is 11.3 Å². The fraction of sp³-hybridized carbons (Fsp3) is 0.579. The number of esters is 1. The largest absolute Gasteiger partial charge is 0.462 e. The Hall–Kier alpha value is -1.45. The zero-order valence-electron chi connectivity index (χ0n) is 16.0. The lowest BCUT2D eigenvalue weighted by Crippen LogP contribution is -2.34. The number of fused-ring (bicyclic) bond motifs is 1. The van der Waals surface area contributed by atoms with Crippen LogP contribution in [0.3, 0.4) is 0 Å². The number of carbonyl (C=O) groups excluding carboxylic acids is 3. The third-order valence-electron chi connectivity index (χ3n) is 4.84. The van der Waals surface area contributed by atoms with E-state index in [0.717, 1.165) is 42.5 Å². The number of thioether (sulfide) groups is 1. The molecule has 2 amide bonds. The monoisotopic (exact) mass is 440 g/mol. The predicted molar refractivity (Wildman–Crippen MR) is 116 cm³/mol. The predicted octanol–water partition coefficient (Wildman–Crippen LogP) is 3.77. The molecule has 0 spiro atoms. The van der Waals surface area contributed by atoms with Crippen LogP contribution in [0.1, 0.15) is 60.3 Å². The van der Waals surface area contributed by atoms with E-state index >= 15 is 0 Å². The van der Waals surface area contributed by atoms with Crippen molar-refractivity contribution in [3.63, 3.8) is 0 Å². The van der Waals surface area contributed by atoms with E-state index in [1.165, 1.54) is 28.0 Å². The van der Waals surface area contributed by atoms with Gasteiger partial charge in [-0.25, -0.2) is 4.79 Å². The first-order valence-electron chi connectivity index (χ1n) is 9.59. The third kappa shape index (κ3) is 4.41. The van der Waals surface area contributed by atoms with E-state index in [9.17, 15) is 14.4 Å². The molecular formula is C19H24N2O4S3. The summed E-state index contributed by atoms with van der Waals surface area (Å²) < 4.78 is 5.74. The summed E-state index contributed by atoms with van der Waals surface area (Å²) in [4.78, 5) is 40.0. The number of ether oxygens (including phenoxy) is 1. The molecule has 1 fully saturated rings. The van der Waals surface area contributed by atoms with E-state index in [-0.39, 0.29) is 36.0 Å². The standard InChI is InChI=1S/C19H24N2O4S3/c1-3-12-17(23)21(19(26)28-12)10-9-14(22)20-16-15(18(24)25-4-2)11-7-5-6-8-13(11)27-16/h12H,3-10H2,1-2H3,(H,20,22). The smallest absolute Gasteiger partial charge is 0.341 e. The van der Waals surface area contributed by atoms with Crippen molar-refractivity contribution in [2.24, 2.45) is 0 Å². The van der Waals surface area contributed by atoms with Crippen LogP contribution >= 0.6 is 35.3 Å². The molecule has 1 aromatic heterocycles. The minimum atomic E-state index is -0.379. The first-order chi connectivity index (χ1) is 13.5. The highest BCUT2D eigenvalue weighted by Crippen LogP contribution is 2.38. The van der Waals surface area contributed by atoms with Crippen LogP contribution in [0.2, 0.25) is 0 Å². The molecule has 1 unspecified atom stereocenters. The van der Waals surface area contributed by atoms with Gasteiger partial charge in [0.25, 0.3) is 0 Å². The molecule has 1 aliphatic heterocycles. The van der Waals surface area contributed by atoms with Gasteiger partial charge >= 0.3 is 5.97 Å². The minimum Gasteiger partial charge on any atom is -0.462 e. The van der Waals surface area contributed by atoms with E-state index in [2.05, 4.69) is 5.32 Å². The maximum atomic E-state index is 12.5. The van der Waals surface area contributed by atoms with Crippen LogP contribution in [0.4, 0.5) is 5.00 Å². The molecule has 1 aliphatic carbocycles. The van der Waals surface area contributed by atoms with Crippen molar-refractivity contribution in [3.05, 3.63) is 16.0 Å². The summed E-state index contributed by atoms with van der Waals surface area (Å²) in [7, 11) is 0. The molecule has 0 aromatic carbocycles. The molecule has 1 N–H and O–H groups in total. The Kier molecular flexibility index (Phi) is 7.11. The van der Waals surface area contributed by atoms with Gasteiger partial charge in [0.2, 0.25) is 11.8 Å². The highest BCUT2D eigenvalue weighted by molar-refractivity contribution is 8.24. The summed E-state index contributed by atoms with van der Waals surface area (Å²) in [6.07, 6.45) is 4.74. The molecule has 1 atom stereocenters. The Labute approximate surface area is 178 Å². The molecule has 0 saturated carbocycles. The second-order valence-electron chi connectivity index (χ2n) is 6.70. The van der Waals surface area contributed by atoms with Gasteiger partial charge in [0.1, 0.15) is 9.32 Å². The third-order valence-corrected chi connectivity index (χ3v) is 7.80. The molecule has 1 saturated heterocycles. The number of thiocarbonyl (C=S) groups is 1. The number of anilines is 1. The van der Waals surface area contributed by atoms with Gasteiger partial charge in [0.15, 0.2) is 0 Å². The van der Waals surface area contributed by atoms with Crippen LogP contribution < -0.4 is 5.32 Å². The maximum Gasteiger partial charge on any atom is 0.341 e. The molecule has 28 heavy (non-hydrogen) atoms. The van der Waals surface area contributed by atoms with Crippen molar-refractivity contribution < 1.29 is 19.1 Å². The number of nitrogens with zero attached hydrogens (tertiary/aromatic N) is 1. The highest BCUT2D eigenvalue weighted by Gasteiger charge is 2.35. The number of thiophene rings is 1. The highest BCUT2D eigenvalue weighted by atomic mass is 32.2. The van der Waals surface area contributed by atoms with Crippen LogP contribution in [0.5, 0.6) is 0 Å². The van der Waals surface area contributed by atoms with Crippen molar-refractivity contribution in [1.82, 2.24) is 4.90 Å². The number of amides is 2. The van der Waals surface area contributed by atoms with Crippen LogP contribution in [-0.2, 0) is 27.2 Å². The quantitative estimate of drug-likeness (QED) is 0.514. The average molecular weight is 441 g/mol. The van der Waals surface area contributed by atoms with E-state index in [1.54, 1.807) is 6.92 Å². The maximum absolute atomic E-state index is 12.5. The fourth-order valence-corrected chi connectivity index (χ4v) is 6.20. The zero-order chi connectivity index (χ0) is 20.3. The minimum absolute atomic E-state index is 0.0240. The number of hydrogen-bond donors (Lipinski definition) is 1. The van der Waals surface area contributed by atoms with Gasteiger partial charge in [-0.1, -0.05) is 30.9 Å². The van der Waals surface area contributed by atoms with Crippen molar-refractivity contribution in [3.8, 4) is 0 Å². The van der Waals surface area contributed by atoms with Gasteiger partial charge in [0.05, 0.1) is 17.4 Å². The number of hydrogen-bond acceptors (Lipinski definition) is 7. The number of carbonyl (C=O) groups is 3. The van der Waals surface area contributed by atoms with Gasteiger partial charge in [0, 0.05) is 17.8 Å². The van der Waals surface area contributed by atoms with E-state index < -0.39 is 0 Å². The molecule has 6 nitrogen and oxygen atoms in total. The van der Waals surface area contributed by atoms with Crippen molar-refractivity contribution >= 4 is 62.4 Å². The van der Waals surface area contributed by atoms with Crippen LogP contribution in [-0.4, -0.2) is 45.4 Å². The molecular weight excluding hydrogens is 416 g/mol. The summed E-state index contributed by atoms with van der Waals surface area (Å²) >= 11 is 8.11. The Morgan fingerprint density at radius 3 is 2.71 bits per heavy atom.